The maximum atomic E-state index is 12.4. The molecule has 0 bridgehead atoms. The minimum atomic E-state index is -0.0101. The first kappa shape index (κ1) is 15.0. The van der Waals surface area contributed by atoms with E-state index in [0.29, 0.717) is 18.2 Å². The van der Waals surface area contributed by atoms with Crippen LogP contribution in [0.2, 0.25) is 0 Å². The Bertz CT molecular complexity index is 552. The van der Waals surface area contributed by atoms with Gasteiger partial charge in [-0.1, -0.05) is 30.8 Å². The van der Waals surface area contributed by atoms with Gasteiger partial charge in [-0.25, -0.2) is 0 Å². The average Bonchev–Trinajstić information content (AvgIpc) is 2.86. The molecule has 1 aromatic rings. The van der Waals surface area contributed by atoms with Crippen LogP contribution in [0.4, 0.5) is 5.69 Å². The Morgan fingerprint density at radius 1 is 1.45 bits per heavy atom. The van der Waals surface area contributed by atoms with Gasteiger partial charge in [-0.2, -0.15) is 4.98 Å². The molecular formula is C14H21N3O2S. The summed E-state index contributed by atoms with van der Waals surface area (Å²) in [6, 6.07) is 0. The second kappa shape index (κ2) is 6.83. The molecule has 0 saturated carbocycles. The lowest BCUT2D eigenvalue weighted by Gasteiger charge is -2.17. The van der Waals surface area contributed by atoms with Gasteiger partial charge in [-0.3, -0.25) is 9.36 Å². The molecule has 0 radical (unpaired) electrons. The summed E-state index contributed by atoms with van der Waals surface area (Å²) in [5.74, 6) is 1.35. The quantitative estimate of drug-likeness (QED) is 0.457. The number of rotatable bonds is 6. The molecule has 0 spiro atoms. The lowest BCUT2D eigenvalue weighted by molar-refractivity contribution is 0.307. The Morgan fingerprint density at radius 3 is 2.95 bits per heavy atom. The van der Waals surface area contributed by atoms with Gasteiger partial charge < -0.3 is 9.64 Å². The fourth-order valence-corrected chi connectivity index (χ4v) is 2.97. The third-order valence-corrected chi connectivity index (χ3v) is 3.95. The predicted octanol–water partition coefficient (Wildman–Crippen LogP) is 2.15. The van der Waals surface area contributed by atoms with Gasteiger partial charge in [0.05, 0.1) is 6.61 Å². The minimum absolute atomic E-state index is 0.0101. The summed E-state index contributed by atoms with van der Waals surface area (Å²) in [6.45, 7) is 3.37. The molecule has 0 amide bonds. The topological polar surface area (TPSA) is 47.4 Å². The van der Waals surface area contributed by atoms with Crippen molar-refractivity contribution in [3.05, 3.63) is 22.5 Å². The van der Waals surface area contributed by atoms with E-state index in [2.05, 4.69) is 24.1 Å². The van der Waals surface area contributed by atoms with E-state index in [1.54, 1.807) is 21.2 Å². The van der Waals surface area contributed by atoms with Crippen molar-refractivity contribution in [2.24, 2.45) is 0 Å². The van der Waals surface area contributed by atoms with Crippen LogP contribution in [0.5, 0.6) is 5.88 Å². The molecule has 0 atom stereocenters. The molecule has 0 fully saturated rings. The van der Waals surface area contributed by atoms with Crippen molar-refractivity contribution >= 4 is 17.4 Å². The van der Waals surface area contributed by atoms with E-state index in [-0.39, 0.29) is 5.56 Å². The van der Waals surface area contributed by atoms with Crippen LogP contribution < -0.4 is 15.2 Å². The highest BCUT2D eigenvalue weighted by atomic mass is 32.2. The van der Waals surface area contributed by atoms with E-state index < -0.39 is 0 Å². The van der Waals surface area contributed by atoms with Crippen LogP contribution in [-0.4, -0.2) is 36.0 Å². The average molecular weight is 295 g/mol. The smallest absolute Gasteiger partial charge is 0.281 e. The molecule has 1 aliphatic heterocycles. The number of fused-ring (bicyclic) bond motifs is 1. The van der Waals surface area contributed by atoms with Crippen LogP contribution in [0.1, 0.15) is 19.8 Å². The Kier molecular flexibility index (Phi) is 5.11. The van der Waals surface area contributed by atoms with Crippen LogP contribution in [0.15, 0.2) is 22.1 Å². The van der Waals surface area contributed by atoms with Crippen molar-refractivity contribution in [3.63, 3.8) is 0 Å². The van der Waals surface area contributed by atoms with Crippen LogP contribution in [-0.2, 0) is 6.54 Å². The fourth-order valence-electron chi connectivity index (χ4n) is 2.03. The van der Waals surface area contributed by atoms with E-state index in [9.17, 15) is 4.79 Å². The summed E-state index contributed by atoms with van der Waals surface area (Å²) >= 11 is 1.60. The summed E-state index contributed by atoms with van der Waals surface area (Å²) in [4.78, 5) is 18.7. The number of ether oxygens (including phenoxy) is 1. The first-order chi connectivity index (χ1) is 9.65. The van der Waals surface area contributed by atoms with Gasteiger partial charge >= 0.3 is 0 Å². The van der Waals surface area contributed by atoms with E-state index >= 15 is 0 Å². The maximum Gasteiger partial charge on any atom is 0.281 e. The van der Waals surface area contributed by atoms with Crippen LogP contribution in [0, 0.1) is 0 Å². The Morgan fingerprint density at radius 2 is 2.25 bits per heavy atom. The van der Waals surface area contributed by atoms with Gasteiger partial charge in [0, 0.05) is 26.4 Å². The van der Waals surface area contributed by atoms with Crippen LogP contribution in [0.3, 0.4) is 0 Å². The Balaban J connectivity index is 2.21. The van der Waals surface area contributed by atoms with Crippen molar-refractivity contribution in [2.75, 3.05) is 31.4 Å². The standard InChI is InChI=1S/C14H21N3O2S/c1-4-5-6-7-9-19-12-11(16(2)3)13(18)17-8-10-20-14(17)15-12/h5-6H,4,7-10H2,1-3H3. The second-order valence-electron chi connectivity index (χ2n) is 4.76. The van der Waals surface area contributed by atoms with Gasteiger partial charge in [0.15, 0.2) is 10.8 Å². The largest absolute Gasteiger partial charge is 0.476 e. The lowest BCUT2D eigenvalue weighted by atomic mass is 10.3. The number of thioether (sulfide) groups is 1. The first-order valence-corrected chi connectivity index (χ1v) is 7.86. The van der Waals surface area contributed by atoms with Gasteiger partial charge in [-0.15, -0.1) is 0 Å². The molecule has 20 heavy (non-hydrogen) atoms. The zero-order chi connectivity index (χ0) is 14.5. The van der Waals surface area contributed by atoms with E-state index in [1.165, 1.54) is 0 Å². The predicted molar refractivity (Wildman–Crippen MR) is 83.1 cm³/mol. The zero-order valence-corrected chi connectivity index (χ0v) is 13.1. The van der Waals surface area contributed by atoms with Gasteiger partial charge in [0.1, 0.15) is 0 Å². The van der Waals surface area contributed by atoms with Crippen molar-refractivity contribution in [2.45, 2.75) is 31.5 Å². The molecule has 2 rings (SSSR count). The molecule has 0 unspecified atom stereocenters. The van der Waals surface area contributed by atoms with Crippen molar-refractivity contribution in [1.29, 1.82) is 0 Å². The SMILES string of the molecule is CCC=CCCOc1nc2n(c(=O)c1N(C)C)CCS2. The zero-order valence-electron chi connectivity index (χ0n) is 12.3. The molecule has 5 nitrogen and oxygen atoms in total. The first-order valence-electron chi connectivity index (χ1n) is 6.88. The molecule has 0 aliphatic carbocycles. The minimum Gasteiger partial charge on any atom is -0.476 e. The van der Waals surface area contributed by atoms with E-state index in [1.807, 2.05) is 14.1 Å². The van der Waals surface area contributed by atoms with Crippen molar-refractivity contribution < 1.29 is 4.74 Å². The third-order valence-electron chi connectivity index (χ3n) is 3.00. The molecule has 2 heterocycles. The van der Waals surface area contributed by atoms with Crippen molar-refractivity contribution in [1.82, 2.24) is 9.55 Å². The normalized spacial score (nSPS) is 13.8. The molecular weight excluding hydrogens is 274 g/mol. The molecule has 0 saturated heterocycles. The summed E-state index contributed by atoms with van der Waals surface area (Å²) < 4.78 is 7.45. The second-order valence-corrected chi connectivity index (χ2v) is 5.83. The molecule has 1 aliphatic rings. The van der Waals surface area contributed by atoms with Gasteiger partial charge in [0.2, 0.25) is 5.88 Å². The number of anilines is 1. The molecule has 6 heteroatoms. The van der Waals surface area contributed by atoms with Gasteiger partial charge in [0.25, 0.3) is 5.56 Å². The Labute approximate surface area is 123 Å². The molecule has 110 valence electrons. The highest BCUT2D eigenvalue weighted by molar-refractivity contribution is 7.99. The third kappa shape index (κ3) is 3.17. The number of aromatic nitrogens is 2. The number of hydrogen-bond donors (Lipinski definition) is 0. The van der Waals surface area contributed by atoms with Crippen LogP contribution in [0.25, 0.3) is 0 Å². The fraction of sp³-hybridized carbons (Fsp3) is 0.571. The lowest BCUT2D eigenvalue weighted by Crippen LogP contribution is -2.28. The Hall–Kier alpha value is -1.43. The van der Waals surface area contributed by atoms with Crippen molar-refractivity contribution in [3.8, 4) is 5.88 Å². The van der Waals surface area contributed by atoms with E-state index in [0.717, 1.165) is 30.3 Å². The molecule has 0 aromatic carbocycles. The maximum absolute atomic E-state index is 12.4. The number of nitrogens with zero attached hydrogens (tertiary/aromatic N) is 3. The van der Waals surface area contributed by atoms with Crippen LogP contribution >= 0.6 is 11.8 Å². The number of hydrogen-bond acceptors (Lipinski definition) is 5. The summed E-state index contributed by atoms with van der Waals surface area (Å²) in [6.07, 6.45) is 6.05. The highest BCUT2D eigenvalue weighted by Gasteiger charge is 2.22. The summed E-state index contributed by atoms with van der Waals surface area (Å²) in [5, 5.41) is 0.764. The molecule has 0 N–H and O–H groups in total. The summed E-state index contributed by atoms with van der Waals surface area (Å²) in [7, 11) is 3.69. The molecule has 1 aromatic heterocycles. The van der Waals surface area contributed by atoms with Gasteiger partial charge in [-0.05, 0) is 12.8 Å². The monoisotopic (exact) mass is 295 g/mol. The highest BCUT2D eigenvalue weighted by Crippen LogP contribution is 2.28. The van der Waals surface area contributed by atoms with E-state index in [4.69, 9.17) is 4.74 Å². The summed E-state index contributed by atoms with van der Waals surface area (Å²) in [5.41, 5.74) is 0.528. The number of allylic oxidation sites excluding steroid dienone is 1.